The first-order chi connectivity index (χ1) is 6.29. The first-order valence-electron chi connectivity index (χ1n) is 4.03. The summed E-state index contributed by atoms with van der Waals surface area (Å²) in [6.07, 6.45) is 4.33. The van der Waals surface area contributed by atoms with Crippen molar-refractivity contribution in [3.05, 3.63) is 35.2 Å². The molecule has 2 heterocycles. The van der Waals surface area contributed by atoms with Crippen molar-refractivity contribution in [2.75, 3.05) is 6.61 Å². The zero-order chi connectivity index (χ0) is 9.26. The van der Waals surface area contributed by atoms with Gasteiger partial charge in [0, 0.05) is 30.4 Å². The molecule has 2 aromatic rings. The van der Waals surface area contributed by atoms with E-state index in [0.717, 1.165) is 11.3 Å². The molecule has 0 aliphatic carbocycles. The second kappa shape index (κ2) is 3.36. The molecule has 0 saturated carbocycles. The number of aliphatic hydroxyl groups is 1. The number of aliphatic hydroxyl groups excluding tert-OH is 1. The molecule has 1 N–H and O–H groups in total. The fraction of sp³-hybridized carbons (Fsp3) is 0.222. The summed E-state index contributed by atoms with van der Waals surface area (Å²) in [5.74, 6) is 0. The van der Waals surface area contributed by atoms with Crippen molar-refractivity contribution in [3.8, 4) is 0 Å². The van der Waals surface area contributed by atoms with Gasteiger partial charge in [0.1, 0.15) is 5.65 Å². The number of rotatable bonds is 2. The molecule has 0 aliphatic heterocycles. The Morgan fingerprint density at radius 3 is 3.15 bits per heavy atom. The topological polar surface area (TPSA) is 37.5 Å². The van der Waals surface area contributed by atoms with Gasteiger partial charge in [0.05, 0.1) is 5.69 Å². The standard InChI is InChI=1S/C9H9ClN2O/c10-7-1-3-12-6-8(2-4-13)11-9(12)5-7/h1,3,5-6,13H,2,4H2. The molecule has 0 radical (unpaired) electrons. The van der Waals surface area contributed by atoms with Crippen LogP contribution < -0.4 is 0 Å². The summed E-state index contributed by atoms with van der Waals surface area (Å²) in [4.78, 5) is 4.28. The molecule has 0 unspecified atom stereocenters. The summed E-state index contributed by atoms with van der Waals surface area (Å²) in [6, 6.07) is 3.60. The summed E-state index contributed by atoms with van der Waals surface area (Å²) >= 11 is 5.80. The van der Waals surface area contributed by atoms with Crippen molar-refractivity contribution in [2.24, 2.45) is 0 Å². The molecule has 0 fully saturated rings. The first kappa shape index (κ1) is 8.53. The monoisotopic (exact) mass is 196 g/mol. The van der Waals surface area contributed by atoms with E-state index in [9.17, 15) is 0 Å². The Bertz CT molecular complexity index is 424. The summed E-state index contributed by atoms with van der Waals surface area (Å²) in [5.41, 5.74) is 1.70. The maximum Gasteiger partial charge on any atom is 0.138 e. The number of imidazole rings is 1. The van der Waals surface area contributed by atoms with Crippen LogP contribution in [0.15, 0.2) is 24.5 Å². The van der Waals surface area contributed by atoms with Gasteiger partial charge < -0.3 is 9.51 Å². The molecule has 2 aromatic heterocycles. The van der Waals surface area contributed by atoms with Gasteiger partial charge in [0.15, 0.2) is 0 Å². The second-order valence-corrected chi connectivity index (χ2v) is 3.25. The Morgan fingerprint density at radius 1 is 1.54 bits per heavy atom. The third-order valence-electron chi connectivity index (χ3n) is 1.84. The number of aromatic nitrogens is 2. The Labute approximate surface area is 80.6 Å². The maximum absolute atomic E-state index is 8.72. The van der Waals surface area contributed by atoms with Crippen molar-refractivity contribution in [2.45, 2.75) is 6.42 Å². The van der Waals surface area contributed by atoms with Crippen LogP contribution in [0.2, 0.25) is 5.02 Å². The van der Waals surface area contributed by atoms with Crippen molar-refractivity contribution < 1.29 is 5.11 Å². The molecule has 0 spiro atoms. The SMILES string of the molecule is OCCc1cn2ccc(Cl)cc2n1. The molecule has 0 aromatic carbocycles. The number of hydrogen-bond donors (Lipinski definition) is 1. The predicted molar refractivity (Wildman–Crippen MR) is 51.0 cm³/mol. The minimum atomic E-state index is 0.123. The highest BCUT2D eigenvalue weighted by atomic mass is 35.5. The smallest absolute Gasteiger partial charge is 0.138 e. The molecule has 68 valence electrons. The van der Waals surface area contributed by atoms with E-state index < -0.39 is 0 Å². The second-order valence-electron chi connectivity index (χ2n) is 2.82. The number of halogens is 1. The summed E-state index contributed by atoms with van der Waals surface area (Å²) in [6.45, 7) is 0.123. The lowest BCUT2D eigenvalue weighted by molar-refractivity contribution is 0.298. The molecular weight excluding hydrogens is 188 g/mol. The number of fused-ring (bicyclic) bond motifs is 1. The van der Waals surface area contributed by atoms with Crippen LogP contribution in [-0.4, -0.2) is 21.1 Å². The van der Waals surface area contributed by atoms with Gasteiger partial charge in [0.2, 0.25) is 0 Å². The molecule has 2 rings (SSSR count). The highest BCUT2D eigenvalue weighted by Crippen LogP contribution is 2.12. The Balaban J connectivity index is 2.49. The van der Waals surface area contributed by atoms with Gasteiger partial charge >= 0.3 is 0 Å². The van der Waals surface area contributed by atoms with Crippen molar-refractivity contribution in [1.82, 2.24) is 9.38 Å². The van der Waals surface area contributed by atoms with Crippen LogP contribution in [0.1, 0.15) is 5.69 Å². The molecule has 0 bridgehead atoms. The number of nitrogens with zero attached hydrogens (tertiary/aromatic N) is 2. The van der Waals surface area contributed by atoms with E-state index in [1.165, 1.54) is 0 Å². The molecule has 3 nitrogen and oxygen atoms in total. The maximum atomic E-state index is 8.72. The molecule has 13 heavy (non-hydrogen) atoms. The molecule has 4 heteroatoms. The third-order valence-corrected chi connectivity index (χ3v) is 2.08. The predicted octanol–water partition coefficient (Wildman–Crippen LogP) is 1.52. The minimum absolute atomic E-state index is 0.123. The summed E-state index contributed by atoms with van der Waals surface area (Å²) < 4.78 is 1.89. The number of pyridine rings is 1. The highest BCUT2D eigenvalue weighted by Gasteiger charge is 2.00. The lowest BCUT2D eigenvalue weighted by atomic mass is 10.4. The van der Waals surface area contributed by atoms with Gasteiger partial charge in [0.25, 0.3) is 0 Å². The fourth-order valence-electron chi connectivity index (χ4n) is 1.24. The van der Waals surface area contributed by atoms with Gasteiger partial charge in [-0.2, -0.15) is 0 Å². The van der Waals surface area contributed by atoms with Crippen LogP contribution in [0, 0.1) is 0 Å². The van der Waals surface area contributed by atoms with Crippen molar-refractivity contribution in [3.63, 3.8) is 0 Å². The lowest BCUT2D eigenvalue weighted by Gasteiger charge is -1.90. The average Bonchev–Trinajstić information content (AvgIpc) is 2.46. The van der Waals surface area contributed by atoms with E-state index in [4.69, 9.17) is 16.7 Å². The summed E-state index contributed by atoms with van der Waals surface area (Å²) in [5, 5.41) is 9.40. The zero-order valence-electron chi connectivity index (χ0n) is 6.94. The van der Waals surface area contributed by atoms with Gasteiger partial charge in [-0.05, 0) is 12.1 Å². The van der Waals surface area contributed by atoms with E-state index in [-0.39, 0.29) is 6.61 Å². The van der Waals surface area contributed by atoms with Gasteiger partial charge in [-0.3, -0.25) is 0 Å². The van der Waals surface area contributed by atoms with E-state index in [0.29, 0.717) is 11.4 Å². The molecule has 0 amide bonds. The fourth-order valence-corrected chi connectivity index (χ4v) is 1.40. The zero-order valence-corrected chi connectivity index (χ0v) is 7.70. The van der Waals surface area contributed by atoms with Crippen LogP contribution in [0.25, 0.3) is 5.65 Å². The van der Waals surface area contributed by atoms with E-state index in [2.05, 4.69) is 4.98 Å². The third kappa shape index (κ3) is 1.66. The van der Waals surface area contributed by atoms with Crippen LogP contribution in [-0.2, 0) is 6.42 Å². The number of hydrogen-bond acceptors (Lipinski definition) is 2. The molecular formula is C9H9ClN2O. The lowest BCUT2D eigenvalue weighted by Crippen LogP contribution is -1.89. The molecule has 0 atom stereocenters. The minimum Gasteiger partial charge on any atom is -0.396 e. The molecule has 0 aliphatic rings. The van der Waals surface area contributed by atoms with Crippen molar-refractivity contribution >= 4 is 17.2 Å². The van der Waals surface area contributed by atoms with Gasteiger partial charge in [-0.1, -0.05) is 11.6 Å². The van der Waals surface area contributed by atoms with E-state index >= 15 is 0 Å². The first-order valence-corrected chi connectivity index (χ1v) is 4.41. The van der Waals surface area contributed by atoms with Gasteiger partial charge in [-0.15, -0.1) is 0 Å². The Hall–Kier alpha value is -1.06. The van der Waals surface area contributed by atoms with Crippen LogP contribution in [0.3, 0.4) is 0 Å². The quantitative estimate of drug-likeness (QED) is 0.791. The Morgan fingerprint density at radius 2 is 2.38 bits per heavy atom. The van der Waals surface area contributed by atoms with Crippen LogP contribution >= 0.6 is 11.6 Å². The van der Waals surface area contributed by atoms with Crippen LogP contribution in [0.5, 0.6) is 0 Å². The van der Waals surface area contributed by atoms with E-state index in [1.54, 1.807) is 12.1 Å². The molecule has 0 saturated heterocycles. The van der Waals surface area contributed by atoms with Gasteiger partial charge in [-0.25, -0.2) is 4.98 Å². The largest absolute Gasteiger partial charge is 0.396 e. The normalized spacial score (nSPS) is 10.9. The summed E-state index contributed by atoms with van der Waals surface area (Å²) in [7, 11) is 0. The Kier molecular flexibility index (Phi) is 2.20. The highest BCUT2D eigenvalue weighted by molar-refractivity contribution is 6.30. The average molecular weight is 197 g/mol. The van der Waals surface area contributed by atoms with Crippen LogP contribution in [0.4, 0.5) is 0 Å². The van der Waals surface area contributed by atoms with Crippen molar-refractivity contribution in [1.29, 1.82) is 0 Å². The van der Waals surface area contributed by atoms with E-state index in [1.807, 2.05) is 16.8 Å².